The molecule has 0 aromatic heterocycles. The molecule has 1 aliphatic rings. The molecule has 0 aliphatic carbocycles. The molecule has 0 saturated heterocycles. The second-order valence-corrected chi connectivity index (χ2v) is 7.98. The Kier molecular flexibility index (Phi) is 10.0. The van der Waals surface area contributed by atoms with E-state index in [1.807, 2.05) is 10.8 Å². The summed E-state index contributed by atoms with van der Waals surface area (Å²) in [6.07, 6.45) is 12.6. The highest BCUT2D eigenvalue weighted by molar-refractivity contribution is 7.91. The van der Waals surface area contributed by atoms with E-state index in [2.05, 4.69) is 27.7 Å². The van der Waals surface area contributed by atoms with E-state index >= 15 is 0 Å². The first-order valence-electron chi connectivity index (χ1n) is 9.45. The van der Waals surface area contributed by atoms with Crippen LogP contribution in [0.25, 0.3) is 0 Å². The molecule has 0 bridgehead atoms. The van der Waals surface area contributed by atoms with E-state index in [4.69, 9.17) is 0 Å². The van der Waals surface area contributed by atoms with Crippen LogP contribution in [-0.4, -0.2) is 4.21 Å². The van der Waals surface area contributed by atoms with Gasteiger partial charge in [-0.25, -0.2) is 0 Å². The Bertz CT molecular complexity index is 359. The van der Waals surface area contributed by atoms with Crippen LogP contribution in [0.5, 0.6) is 0 Å². The Labute approximate surface area is 141 Å². The van der Waals surface area contributed by atoms with Gasteiger partial charge in [-0.05, 0) is 35.8 Å². The molecule has 2 heteroatoms. The largest absolute Gasteiger partial charge is 0.250 e. The first-order valence-corrected chi connectivity index (χ1v) is 10.7. The fraction of sp³-hybridized carbons (Fsp3) is 0.800. The van der Waals surface area contributed by atoms with Gasteiger partial charge in [0, 0.05) is 10.8 Å². The van der Waals surface area contributed by atoms with Crippen molar-refractivity contribution in [3.63, 3.8) is 0 Å². The van der Waals surface area contributed by atoms with Crippen molar-refractivity contribution in [2.45, 2.75) is 91.9 Å². The minimum absolute atomic E-state index is 0.764. The van der Waals surface area contributed by atoms with Crippen LogP contribution in [-0.2, 0) is 10.8 Å². The minimum atomic E-state index is -0.855. The number of hydrogen-bond acceptors (Lipinski definition) is 1. The van der Waals surface area contributed by atoms with Crippen molar-refractivity contribution in [1.29, 1.82) is 0 Å². The van der Waals surface area contributed by atoms with Gasteiger partial charge in [-0.15, -0.1) is 0 Å². The third-order valence-corrected chi connectivity index (χ3v) is 6.07. The van der Waals surface area contributed by atoms with E-state index in [0.717, 1.165) is 24.7 Å². The second kappa shape index (κ2) is 11.2. The van der Waals surface area contributed by atoms with Gasteiger partial charge in [0.1, 0.15) is 0 Å². The summed E-state index contributed by atoms with van der Waals surface area (Å²) in [5.41, 5.74) is 2.80. The van der Waals surface area contributed by atoms with Gasteiger partial charge in [0.05, 0.1) is 10.8 Å². The van der Waals surface area contributed by atoms with Crippen molar-refractivity contribution in [2.24, 2.45) is 11.8 Å². The Balaban J connectivity index is 2.63. The highest BCUT2D eigenvalue weighted by atomic mass is 32.2. The average molecular weight is 325 g/mol. The Morgan fingerprint density at radius 1 is 0.818 bits per heavy atom. The lowest BCUT2D eigenvalue weighted by atomic mass is 9.85. The average Bonchev–Trinajstić information content (AvgIpc) is 2.86. The number of unbranched alkanes of at least 4 members (excludes halogenated alkanes) is 2. The standard InChI is InChI=1S/C20H36OS/c1-5-9-11-17(7-3)13-19-15-22(21)16-20(19)14-18(8-4)12-10-6-2/h15-18H,5-14H2,1-4H3. The molecule has 0 fully saturated rings. The minimum Gasteiger partial charge on any atom is -0.250 e. The van der Waals surface area contributed by atoms with Crippen LogP contribution in [0, 0.1) is 11.8 Å². The van der Waals surface area contributed by atoms with E-state index in [9.17, 15) is 4.21 Å². The van der Waals surface area contributed by atoms with Gasteiger partial charge in [-0.3, -0.25) is 4.21 Å². The molecule has 1 nitrogen and oxygen atoms in total. The predicted octanol–water partition coefficient (Wildman–Crippen LogP) is 6.73. The van der Waals surface area contributed by atoms with E-state index in [0.29, 0.717) is 0 Å². The summed E-state index contributed by atoms with van der Waals surface area (Å²) >= 11 is 0. The number of allylic oxidation sites excluding steroid dienone is 2. The molecular formula is C20H36OS. The van der Waals surface area contributed by atoms with Crippen LogP contribution in [0.3, 0.4) is 0 Å². The highest BCUT2D eigenvalue weighted by Gasteiger charge is 2.20. The van der Waals surface area contributed by atoms with Gasteiger partial charge < -0.3 is 0 Å². The van der Waals surface area contributed by atoms with E-state index in [1.165, 1.54) is 62.5 Å². The van der Waals surface area contributed by atoms with Crippen molar-refractivity contribution >= 4 is 10.8 Å². The second-order valence-electron chi connectivity index (χ2n) is 6.86. The van der Waals surface area contributed by atoms with E-state index < -0.39 is 10.8 Å². The van der Waals surface area contributed by atoms with Crippen LogP contribution >= 0.6 is 0 Å². The molecule has 2 atom stereocenters. The normalized spacial score (nSPS) is 20.6. The molecular weight excluding hydrogens is 288 g/mol. The highest BCUT2D eigenvalue weighted by Crippen LogP contribution is 2.34. The van der Waals surface area contributed by atoms with Gasteiger partial charge in [0.25, 0.3) is 0 Å². The summed E-state index contributed by atoms with van der Waals surface area (Å²) in [4.78, 5) is 0. The zero-order valence-corrected chi connectivity index (χ0v) is 16.0. The Morgan fingerprint density at radius 2 is 1.23 bits per heavy atom. The van der Waals surface area contributed by atoms with Gasteiger partial charge in [0.15, 0.2) is 0 Å². The van der Waals surface area contributed by atoms with Crippen LogP contribution < -0.4 is 0 Å². The molecule has 0 amide bonds. The third kappa shape index (κ3) is 6.81. The van der Waals surface area contributed by atoms with Crippen molar-refractivity contribution in [3.05, 3.63) is 22.0 Å². The zero-order chi connectivity index (χ0) is 16.4. The zero-order valence-electron chi connectivity index (χ0n) is 15.2. The van der Waals surface area contributed by atoms with Crippen LogP contribution in [0.1, 0.15) is 91.9 Å². The lowest BCUT2D eigenvalue weighted by Gasteiger charge is -2.20. The van der Waals surface area contributed by atoms with Gasteiger partial charge >= 0.3 is 0 Å². The van der Waals surface area contributed by atoms with Crippen molar-refractivity contribution in [2.75, 3.05) is 0 Å². The molecule has 2 unspecified atom stereocenters. The maximum atomic E-state index is 12.0. The topological polar surface area (TPSA) is 17.1 Å². The van der Waals surface area contributed by atoms with Crippen LogP contribution in [0.15, 0.2) is 22.0 Å². The molecule has 0 aromatic rings. The molecule has 1 heterocycles. The maximum absolute atomic E-state index is 12.0. The summed E-state index contributed by atoms with van der Waals surface area (Å²) in [5.74, 6) is 1.53. The SMILES string of the molecule is CCCCC(CC)CC1=CS(=O)C=C1CC(CC)CCCC. The molecule has 128 valence electrons. The first kappa shape index (κ1) is 19.7. The van der Waals surface area contributed by atoms with Gasteiger partial charge in [-0.2, -0.15) is 0 Å². The van der Waals surface area contributed by atoms with E-state index in [-0.39, 0.29) is 0 Å². The van der Waals surface area contributed by atoms with Gasteiger partial charge in [-0.1, -0.05) is 79.1 Å². The maximum Gasteiger partial charge on any atom is 0.0708 e. The summed E-state index contributed by atoms with van der Waals surface area (Å²) in [5, 5.41) is 4.05. The predicted molar refractivity (Wildman–Crippen MR) is 100 cm³/mol. The van der Waals surface area contributed by atoms with E-state index in [1.54, 1.807) is 0 Å². The molecule has 0 radical (unpaired) electrons. The monoisotopic (exact) mass is 324 g/mol. The molecule has 0 saturated carbocycles. The fourth-order valence-corrected chi connectivity index (χ4v) is 4.46. The lowest BCUT2D eigenvalue weighted by molar-refractivity contribution is 0.433. The van der Waals surface area contributed by atoms with Gasteiger partial charge in [0.2, 0.25) is 0 Å². The number of rotatable bonds is 12. The number of hydrogen-bond donors (Lipinski definition) is 0. The summed E-state index contributed by atoms with van der Waals surface area (Å²) in [7, 11) is -0.855. The van der Waals surface area contributed by atoms with Crippen LogP contribution in [0.2, 0.25) is 0 Å². The summed E-state index contributed by atoms with van der Waals surface area (Å²) in [6.45, 7) is 9.13. The van der Waals surface area contributed by atoms with Crippen molar-refractivity contribution < 1.29 is 4.21 Å². The molecule has 0 spiro atoms. The summed E-state index contributed by atoms with van der Waals surface area (Å²) < 4.78 is 12.0. The molecule has 0 aromatic carbocycles. The van der Waals surface area contributed by atoms with Crippen molar-refractivity contribution in [3.8, 4) is 0 Å². The molecule has 0 N–H and O–H groups in total. The fourth-order valence-electron chi connectivity index (χ4n) is 3.33. The molecule has 1 aliphatic heterocycles. The van der Waals surface area contributed by atoms with Crippen molar-refractivity contribution in [1.82, 2.24) is 0 Å². The smallest absolute Gasteiger partial charge is 0.0708 e. The third-order valence-electron chi connectivity index (χ3n) is 5.03. The quantitative estimate of drug-likeness (QED) is 0.389. The Morgan fingerprint density at radius 3 is 1.55 bits per heavy atom. The summed E-state index contributed by atoms with van der Waals surface area (Å²) in [6, 6.07) is 0. The molecule has 22 heavy (non-hydrogen) atoms. The lowest BCUT2D eigenvalue weighted by Crippen LogP contribution is -2.05. The van der Waals surface area contributed by atoms with Crippen LogP contribution in [0.4, 0.5) is 0 Å². The molecule has 1 rings (SSSR count). The Hall–Kier alpha value is -0.370. The first-order chi connectivity index (χ1) is 10.6.